The van der Waals surface area contributed by atoms with Gasteiger partial charge in [0, 0.05) is 17.8 Å². The van der Waals surface area contributed by atoms with Crippen molar-refractivity contribution >= 4 is 17.5 Å². The minimum absolute atomic E-state index is 0.0328. The average Bonchev–Trinajstić information content (AvgIpc) is 3.04. The molecule has 23 heavy (non-hydrogen) atoms. The van der Waals surface area contributed by atoms with Crippen LogP contribution in [-0.2, 0) is 17.6 Å². The molecule has 0 fully saturated rings. The van der Waals surface area contributed by atoms with Crippen LogP contribution in [-0.4, -0.2) is 28.6 Å². The van der Waals surface area contributed by atoms with Crippen molar-refractivity contribution < 1.29 is 9.59 Å². The lowest BCUT2D eigenvalue weighted by molar-refractivity contribution is -0.118. The van der Waals surface area contributed by atoms with Crippen molar-refractivity contribution in [2.24, 2.45) is 0 Å². The molecule has 0 radical (unpaired) electrons. The van der Waals surface area contributed by atoms with Gasteiger partial charge in [0.15, 0.2) is 0 Å². The van der Waals surface area contributed by atoms with E-state index in [2.05, 4.69) is 20.8 Å². The molecule has 1 aliphatic heterocycles. The van der Waals surface area contributed by atoms with Crippen LogP contribution in [0.1, 0.15) is 45.9 Å². The Morgan fingerprint density at radius 2 is 2.22 bits per heavy atom. The molecule has 1 aliphatic carbocycles. The van der Waals surface area contributed by atoms with Gasteiger partial charge in [-0.25, -0.2) is 0 Å². The number of aromatic amines is 1. The molecule has 0 saturated carbocycles. The van der Waals surface area contributed by atoms with E-state index < -0.39 is 0 Å². The number of hydrogen-bond acceptors (Lipinski definition) is 3. The van der Waals surface area contributed by atoms with E-state index in [-0.39, 0.29) is 17.7 Å². The molecular formula is C17H18N4O2. The fourth-order valence-electron chi connectivity index (χ4n) is 3.53. The maximum absolute atomic E-state index is 12.7. The van der Waals surface area contributed by atoms with Gasteiger partial charge in [-0.1, -0.05) is 6.07 Å². The number of nitrogens with one attached hydrogen (secondary N) is 3. The number of amides is 2. The van der Waals surface area contributed by atoms with Crippen LogP contribution < -0.4 is 10.6 Å². The summed E-state index contributed by atoms with van der Waals surface area (Å²) in [6.07, 6.45) is 5.31. The molecule has 1 atom stereocenters. The molecular weight excluding hydrogens is 292 g/mol. The Morgan fingerprint density at radius 3 is 3.13 bits per heavy atom. The number of carbonyl (C=O) groups is 2. The van der Waals surface area contributed by atoms with E-state index in [1.165, 1.54) is 0 Å². The SMILES string of the molecule is O=C1NCCc2c(NC(=O)C3CCCc4cn[nH]c43)cccc21. The standard InChI is InChI=1S/C17H18N4O2/c22-16-12-4-2-6-14(11(12)7-8-18-16)20-17(23)13-5-1-3-10-9-19-21-15(10)13/h2,4,6,9,13H,1,3,5,7-8H2,(H,18,22)(H,19,21)(H,20,23). The molecule has 6 nitrogen and oxygen atoms in total. The fraction of sp³-hybridized carbons (Fsp3) is 0.353. The van der Waals surface area contributed by atoms with Gasteiger partial charge in [-0.15, -0.1) is 0 Å². The van der Waals surface area contributed by atoms with Crippen LogP contribution >= 0.6 is 0 Å². The Labute approximate surface area is 133 Å². The lowest BCUT2D eigenvalue weighted by Crippen LogP contribution is -2.33. The highest BCUT2D eigenvalue weighted by Gasteiger charge is 2.29. The first kappa shape index (κ1) is 14.0. The monoisotopic (exact) mass is 310 g/mol. The molecule has 2 aromatic rings. The molecule has 2 amide bonds. The smallest absolute Gasteiger partial charge is 0.251 e. The van der Waals surface area contributed by atoms with E-state index in [4.69, 9.17) is 0 Å². The third-order valence-corrected chi connectivity index (χ3v) is 4.69. The first-order valence-corrected chi connectivity index (χ1v) is 7.97. The van der Waals surface area contributed by atoms with Gasteiger partial charge < -0.3 is 10.6 Å². The summed E-state index contributed by atoms with van der Waals surface area (Å²) in [4.78, 5) is 24.7. The predicted molar refractivity (Wildman–Crippen MR) is 85.4 cm³/mol. The van der Waals surface area contributed by atoms with Gasteiger partial charge in [-0.3, -0.25) is 14.7 Å². The van der Waals surface area contributed by atoms with Crippen LogP contribution in [0.4, 0.5) is 5.69 Å². The van der Waals surface area contributed by atoms with Crippen molar-refractivity contribution in [3.63, 3.8) is 0 Å². The minimum Gasteiger partial charge on any atom is -0.352 e. The topological polar surface area (TPSA) is 86.9 Å². The van der Waals surface area contributed by atoms with Crippen LogP contribution in [0.3, 0.4) is 0 Å². The van der Waals surface area contributed by atoms with Gasteiger partial charge in [0.1, 0.15) is 0 Å². The third-order valence-electron chi connectivity index (χ3n) is 4.69. The predicted octanol–water partition coefficient (Wildman–Crippen LogP) is 1.75. The van der Waals surface area contributed by atoms with Gasteiger partial charge >= 0.3 is 0 Å². The van der Waals surface area contributed by atoms with E-state index >= 15 is 0 Å². The second-order valence-corrected chi connectivity index (χ2v) is 6.08. The van der Waals surface area contributed by atoms with E-state index in [1.54, 1.807) is 6.07 Å². The quantitative estimate of drug-likeness (QED) is 0.790. The molecule has 1 unspecified atom stereocenters. The highest BCUT2D eigenvalue weighted by molar-refractivity contribution is 6.01. The number of hydrogen-bond donors (Lipinski definition) is 3. The van der Waals surface area contributed by atoms with Crippen LogP contribution in [0, 0.1) is 0 Å². The van der Waals surface area contributed by atoms with E-state index in [0.29, 0.717) is 12.1 Å². The molecule has 2 heterocycles. The lowest BCUT2D eigenvalue weighted by Gasteiger charge is -2.23. The lowest BCUT2D eigenvalue weighted by atomic mass is 9.87. The summed E-state index contributed by atoms with van der Waals surface area (Å²) in [6.45, 7) is 0.604. The number of rotatable bonds is 2. The van der Waals surface area contributed by atoms with Gasteiger partial charge in [0.2, 0.25) is 5.91 Å². The number of anilines is 1. The number of benzene rings is 1. The first-order chi connectivity index (χ1) is 11.2. The maximum Gasteiger partial charge on any atom is 0.251 e. The molecule has 2 aliphatic rings. The second-order valence-electron chi connectivity index (χ2n) is 6.08. The van der Waals surface area contributed by atoms with E-state index in [9.17, 15) is 9.59 Å². The summed E-state index contributed by atoms with van der Waals surface area (Å²) in [5.41, 5.74) is 4.38. The van der Waals surface area contributed by atoms with Crippen molar-refractivity contribution in [1.29, 1.82) is 0 Å². The van der Waals surface area contributed by atoms with Crippen molar-refractivity contribution in [3.8, 4) is 0 Å². The van der Waals surface area contributed by atoms with Gasteiger partial charge in [-0.2, -0.15) is 5.10 Å². The normalized spacial score (nSPS) is 19.5. The van der Waals surface area contributed by atoms with Gasteiger partial charge in [0.25, 0.3) is 5.91 Å². The number of carbonyl (C=O) groups excluding carboxylic acids is 2. The summed E-state index contributed by atoms with van der Waals surface area (Å²) in [6, 6.07) is 5.47. The minimum atomic E-state index is -0.200. The van der Waals surface area contributed by atoms with Crippen molar-refractivity contribution in [1.82, 2.24) is 15.5 Å². The number of aryl methyl sites for hydroxylation is 1. The summed E-state index contributed by atoms with van der Waals surface area (Å²) < 4.78 is 0. The number of fused-ring (bicyclic) bond motifs is 2. The third kappa shape index (κ3) is 2.40. The van der Waals surface area contributed by atoms with Crippen molar-refractivity contribution in [2.75, 3.05) is 11.9 Å². The molecule has 0 bridgehead atoms. The first-order valence-electron chi connectivity index (χ1n) is 7.97. The second kappa shape index (κ2) is 5.53. The zero-order valence-corrected chi connectivity index (χ0v) is 12.7. The zero-order valence-electron chi connectivity index (χ0n) is 12.7. The highest BCUT2D eigenvalue weighted by Crippen LogP contribution is 2.32. The largest absolute Gasteiger partial charge is 0.352 e. The Bertz CT molecular complexity index is 781. The van der Waals surface area contributed by atoms with Gasteiger partial charge in [0.05, 0.1) is 17.8 Å². The molecule has 0 saturated heterocycles. The van der Waals surface area contributed by atoms with Crippen LogP contribution in [0.2, 0.25) is 0 Å². The summed E-state index contributed by atoms with van der Waals surface area (Å²) >= 11 is 0. The zero-order chi connectivity index (χ0) is 15.8. The van der Waals surface area contributed by atoms with Crippen molar-refractivity contribution in [2.45, 2.75) is 31.6 Å². The fourth-order valence-corrected chi connectivity index (χ4v) is 3.53. The van der Waals surface area contributed by atoms with E-state index in [1.807, 2.05) is 18.3 Å². The molecule has 3 N–H and O–H groups in total. The highest BCUT2D eigenvalue weighted by atomic mass is 16.2. The maximum atomic E-state index is 12.7. The Kier molecular flexibility index (Phi) is 3.37. The Morgan fingerprint density at radius 1 is 1.30 bits per heavy atom. The molecule has 118 valence electrons. The van der Waals surface area contributed by atoms with Crippen LogP contribution in [0.15, 0.2) is 24.4 Å². The summed E-state index contributed by atoms with van der Waals surface area (Å²) in [7, 11) is 0. The van der Waals surface area contributed by atoms with Crippen molar-refractivity contribution in [3.05, 3.63) is 46.8 Å². The molecule has 0 spiro atoms. The average molecular weight is 310 g/mol. The summed E-state index contributed by atoms with van der Waals surface area (Å²) in [5.74, 6) is -0.306. The van der Waals surface area contributed by atoms with E-state index in [0.717, 1.165) is 48.2 Å². The van der Waals surface area contributed by atoms with Gasteiger partial charge in [-0.05, 0) is 48.9 Å². The molecule has 4 rings (SSSR count). The number of aromatic nitrogens is 2. The number of H-pyrrole nitrogens is 1. The summed E-state index contributed by atoms with van der Waals surface area (Å²) in [5, 5.41) is 12.9. The Hall–Kier alpha value is -2.63. The molecule has 1 aromatic heterocycles. The molecule has 6 heteroatoms. The number of nitrogens with zero attached hydrogens (tertiary/aromatic N) is 1. The van der Waals surface area contributed by atoms with Crippen LogP contribution in [0.5, 0.6) is 0 Å². The Balaban J connectivity index is 1.61. The van der Waals surface area contributed by atoms with Crippen LogP contribution in [0.25, 0.3) is 0 Å². The molecule has 1 aromatic carbocycles.